The van der Waals surface area contributed by atoms with E-state index in [2.05, 4.69) is 16.2 Å². The molecule has 1 aliphatic rings. The van der Waals surface area contributed by atoms with Crippen LogP contribution in [-0.4, -0.2) is 58.2 Å². The third-order valence-electron chi connectivity index (χ3n) is 4.63. The molecule has 3 heterocycles. The van der Waals surface area contributed by atoms with Crippen molar-refractivity contribution in [2.45, 2.75) is 26.7 Å². The van der Waals surface area contributed by atoms with Gasteiger partial charge in [-0.2, -0.15) is 5.10 Å². The number of furan rings is 1. The summed E-state index contributed by atoms with van der Waals surface area (Å²) in [6.45, 7) is 8.26. The van der Waals surface area contributed by atoms with Gasteiger partial charge in [0.25, 0.3) is 5.91 Å². The van der Waals surface area contributed by atoms with Crippen molar-refractivity contribution in [3.05, 3.63) is 41.1 Å². The summed E-state index contributed by atoms with van der Waals surface area (Å²) in [5.74, 6) is 1.61. The van der Waals surface area contributed by atoms with Crippen molar-refractivity contribution in [2.24, 2.45) is 7.05 Å². The topological polar surface area (TPSA) is 54.5 Å². The Kier molecular flexibility index (Phi) is 5.04. The Morgan fingerprint density at radius 1 is 1.25 bits per heavy atom. The normalized spacial score (nSPS) is 15.9. The van der Waals surface area contributed by atoms with Crippen LogP contribution in [0, 0.1) is 13.8 Å². The third kappa shape index (κ3) is 3.87. The Hall–Kier alpha value is -2.08. The Labute approximate surface area is 143 Å². The van der Waals surface area contributed by atoms with Crippen LogP contribution in [-0.2, 0) is 13.5 Å². The summed E-state index contributed by atoms with van der Waals surface area (Å²) in [4.78, 5) is 17.0. The van der Waals surface area contributed by atoms with Gasteiger partial charge in [-0.3, -0.25) is 14.4 Å². The summed E-state index contributed by atoms with van der Waals surface area (Å²) >= 11 is 0. The second-order valence-corrected chi connectivity index (χ2v) is 6.59. The van der Waals surface area contributed by atoms with Gasteiger partial charge in [-0.05, 0) is 44.9 Å². The van der Waals surface area contributed by atoms with Crippen LogP contribution in [0.2, 0.25) is 0 Å². The van der Waals surface area contributed by atoms with Gasteiger partial charge in [0, 0.05) is 39.4 Å². The quantitative estimate of drug-likeness (QED) is 0.842. The van der Waals surface area contributed by atoms with Gasteiger partial charge in [0.05, 0.1) is 11.8 Å². The minimum Gasteiger partial charge on any atom is -0.466 e. The number of aromatic nitrogens is 2. The zero-order chi connectivity index (χ0) is 17.1. The van der Waals surface area contributed by atoms with Crippen LogP contribution in [0.4, 0.5) is 0 Å². The number of rotatable bonds is 5. The molecule has 2 aromatic heterocycles. The van der Waals surface area contributed by atoms with Gasteiger partial charge in [0.2, 0.25) is 0 Å². The molecule has 3 rings (SSSR count). The highest BCUT2D eigenvalue weighted by Crippen LogP contribution is 2.17. The lowest BCUT2D eigenvalue weighted by atomic mass is 10.1. The van der Waals surface area contributed by atoms with Gasteiger partial charge in [0.15, 0.2) is 0 Å². The molecule has 1 fully saturated rings. The molecule has 1 amide bonds. The molecular formula is C18H26N4O2. The van der Waals surface area contributed by atoms with Gasteiger partial charge in [0.1, 0.15) is 11.5 Å². The largest absolute Gasteiger partial charge is 0.466 e. The smallest absolute Gasteiger partial charge is 0.257 e. The highest BCUT2D eigenvalue weighted by atomic mass is 16.3. The summed E-state index contributed by atoms with van der Waals surface area (Å²) in [5, 5.41) is 4.20. The first-order chi connectivity index (χ1) is 11.5. The van der Waals surface area contributed by atoms with E-state index in [1.807, 2.05) is 42.7 Å². The minimum atomic E-state index is 0.0966. The predicted octanol–water partition coefficient (Wildman–Crippen LogP) is 2.02. The van der Waals surface area contributed by atoms with Crippen molar-refractivity contribution in [3.8, 4) is 0 Å². The molecule has 1 aliphatic heterocycles. The lowest BCUT2D eigenvalue weighted by Crippen LogP contribution is -2.48. The van der Waals surface area contributed by atoms with E-state index in [0.717, 1.165) is 57.1 Å². The maximum Gasteiger partial charge on any atom is 0.257 e. The molecule has 0 radical (unpaired) electrons. The summed E-state index contributed by atoms with van der Waals surface area (Å²) in [6, 6.07) is 1.85. The van der Waals surface area contributed by atoms with Gasteiger partial charge in [-0.1, -0.05) is 0 Å². The van der Waals surface area contributed by atoms with Crippen molar-refractivity contribution in [1.29, 1.82) is 0 Å². The van der Waals surface area contributed by atoms with Crippen molar-refractivity contribution in [2.75, 3.05) is 32.7 Å². The maximum absolute atomic E-state index is 12.6. The fourth-order valence-electron chi connectivity index (χ4n) is 3.30. The number of nitrogens with zero attached hydrogens (tertiary/aromatic N) is 4. The standard InChI is InChI=1S/C18H26N4O2/c1-14-11-17(15(2)24-14)18(23)22-9-7-21(8-10-22)6-4-5-16-12-19-20(3)13-16/h11-13H,4-10H2,1-3H3. The third-order valence-corrected chi connectivity index (χ3v) is 4.63. The fourth-order valence-corrected chi connectivity index (χ4v) is 3.30. The molecule has 1 saturated heterocycles. The monoisotopic (exact) mass is 330 g/mol. The van der Waals surface area contributed by atoms with Crippen molar-refractivity contribution < 1.29 is 9.21 Å². The van der Waals surface area contributed by atoms with E-state index in [9.17, 15) is 4.79 Å². The Morgan fingerprint density at radius 3 is 2.58 bits per heavy atom. The molecule has 0 saturated carbocycles. The van der Waals surface area contributed by atoms with E-state index in [0.29, 0.717) is 5.56 Å². The van der Waals surface area contributed by atoms with Gasteiger partial charge in [-0.25, -0.2) is 0 Å². The Balaban J connectivity index is 1.44. The molecule has 0 bridgehead atoms. The van der Waals surface area contributed by atoms with Crippen molar-refractivity contribution >= 4 is 5.91 Å². The molecule has 0 aliphatic carbocycles. The highest BCUT2D eigenvalue weighted by Gasteiger charge is 2.24. The number of carbonyl (C=O) groups excluding carboxylic acids is 1. The van der Waals surface area contributed by atoms with Gasteiger partial charge < -0.3 is 9.32 Å². The van der Waals surface area contributed by atoms with E-state index < -0.39 is 0 Å². The van der Waals surface area contributed by atoms with Crippen LogP contribution < -0.4 is 0 Å². The van der Waals surface area contributed by atoms with Gasteiger partial charge >= 0.3 is 0 Å². The first-order valence-electron chi connectivity index (χ1n) is 8.59. The van der Waals surface area contributed by atoms with Crippen LogP contribution in [0.5, 0.6) is 0 Å². The number of piperazine rings is 1. The number of hydrogen-bond acceptors (Lipinski definition) is 4. The number of carbonyl (C=O) groups is 1. The number of amides is 1. The van der Waals surface area contributed by atoms with E-state index in [-0.39, 0.29) is 5.91 Å². The zero-order valence-electron chi connectivity index (χ0n) is 14.8. The second-order valence-electron chi connectivity index (χ2n) is 6.59. The first-order valence-corrected chi connectivity index (χ1v) is 8.59. The molecule has 6 heteroatoms. The van der Waals surface area contributed by atoms with Crippen LogP contribution in [0.1, 0.15) is 33.9 Å². The van der Waals surface area contributed by atoms with E-state index >= 15 is 0 Å². The van der Waals surface area contributed by atoms with E-state index in [4.69, 9.17) is 4.42 Å². The minimum absolute atomic E-state index is 0.0966. The summed E-state index contributed by atoms with van der Waals surface area (Å²) < 4.78 is 7.33. The highest BCUT2D eigenvalue weighted by molar-refractivity contribution is 5.95. The number of aryl methyl sites for hydroxylation is 4. The first kappa shape index (κ1) is 16.8. The Morgan fingerprint density at radius 2 is 2.00 bits per heavy atom. The van der Waals surface area contributed by atoms with Crippen LogP contribution >= 0.6 is 0 Å². The van der Waals surface area contributed by atoms with Crippen molar-refractivity contribution in [1.82, 2.24) is 19.6 Å². The van der Waals surface area contributed by atoms with Crippen LogP contribution in [0.15, 0.2) is 22.9 Å². The predicted molar refractivity (Wildman–Crippen MR) is 92.1 cm³/mol. The van der Waals surface area contributed by atoms with Crippen molar-refractivity contribution in [3.63, 3.8) is 0 Å². The maximum atomic E-state index is 12.6. The van der Waals surface area contributed by atoms with Gasteiger partial charge in [-0.15, -0.1) is 0 Å². The molecule has 24 heavy (non-hydrogen) atoms. The molecule has 6 nitrogen and oxygen atoms in total. The lowest BCUT2D eigenvalue weighted by Gasteiger charge is -2.34. The second kappa shape index (κ2) is 7.21. The summed E-state index contributed by atoms with van der Waals surface area (Å²) in [6.07, 6.45) is 6.19. The van der Waals surface area contributed by atoms with E-state index in [1.54, 1.807) is 0 Å². The Bertz CT molecular complexity index is 696. The van der Waals surface area contributed by atoms with E-state index in [1.165, 1.54) is 5.56 Å². The molecule has 0 aromatic carbocycles. The summed E-state index contributed by atoms with van der Waals surface area (Å²) in [7, 11) is 1.95. The molecular weight excluding hydrogens is 304 g/mol. The average molecular weight is 330 g/mol. The molecule has 130 valence electrons. The SMILES string of the molecule is Cc1cc(C(=O)N2CCN(CCCc3cnn(C)c3)CC2)c(C)o1. The van der Waals surface area contributed by atoms with Crippen LogP contribution in [0.25, 0.3) is 0 Å². The summed E-state index contributed by atoms with van der Waals surface area (Å²) in [5.41, 5.74) is 2.00. The molecule has 0 unspecified atom stereocenters. The fraction of sp³-hybridized carbons (Fsp3) is 0.556. The molecule has 0 spiro atoms. The average Bonchev–Trinajstić information content (AvgIpc) is 3.12. The molecule has 2 aromatic rings. The lowest BCUT2D eigenvalue weighted by molar-refractivity contribution is 0.0634. The zero-order valence-corrected chi connectivity index (χ0v) is 14.8. The molecule has 0 atom stereocenters. The molecule has 0 N–H and O–H groups in total. The number of hydrogen-bond donors (Lipinski definition) is 0. The van der Waals surface area contributed by atoms with Crippen LogP contribution in [0.3, 0.4) is 0 Å².